The van der Waals surface area contributed by atoms with Gasteiger partial charge in [-0.1, -0.05) is 78.4 Å². The predicted octanol–water partition coefficient (Wildman–Crippen LogP) is 6.02. The molecule has 0 aromatic heterocycles. The number of rotatable bonds is 8. The van der Waals surface area contributed by atoms with Crippen LogP contribution in [-0.4, -0.2) is 28.8 Å². The number of hydrogen-bond donors (Lipinski definition) is 1. The lowest BCUT2D eigenvalue weighted by Gasteiger charge is -2.32. The van der Waals surface area contributed by atoms with Crippen LogP contribution in [-0.2, 0) is 22.6 Å². The maximum Gasteiger partial charge on any atom is 0.243 e. The fourth-order valence-electron chi connectivity index (χ4n) is 4.59. The van der Waals surface area contributed by atoms with Gasteiger partial charge < -0.3 is 10.2 Å². The van der Waals surface area contributed by atoms with Crippen molar-refractivity contribution in [1.29, 1.82) is 0 Å². The second-order valence-corrected chi connectivity index (χ2v) is 9.62. The third kappa shape index (κ3) is 6.26. The van der Waals surface area contributed by atoms with E-state index in [1.165, 1.54) is 0 Å². The molecule has 0 saturated heterocycles. The molecule has 1 N–H and O–H groups in total. The van der Waals surface area contributed by atoms with Gasteiger partial charge in [0.1, 0.15) is 6.04 Å². The zero-order valence-corrected chi connectivity index (χ0v) is 20.6. The number of aryl methyl sites for hydroxylation is 2. The Morgan fingerprint density at radius 1 is 1.06 bits per heavy atom. The number of nitrogens with zero attached hydrogens (tertiary/aromatic N) is 1. The minimum Gasteiger partial charge on any atom is -0.352 e. The SMILES string of the molecule is CC[C@H](C(=O)NC1CCCC1)N(Cc1c(Cl)cccc1Cl)C(=O)Cc1cc(C)cc(C)c1. The van der Waals surface area contributed by atoms with Crippen molar-refractivity contribution in [3.05, 3.63) is 68.7 Å². The molecule has 4 nitrogen and oxygen atoms in total. The molecule has 0 radical (unpaired) electrons. The first-order chi connectivity index (χ1) is 15.3. The van der Waals surface area contributed by atoms with E-state index in [1.54, 1.807) is 23.1 Å². The van der Waals surface area contributed by atoms with Crippen LogP contribution in [0.25, 0.3) is 0 Å². The number of nitrogens with one attached hydrogen (secondary N) is 1. The summed E-state index contributed by atoms with van der Waals surface area (Å²) in [5, 5.41) is 4.15. The molecular weight excluding hydrogens is 443 g/mol. The highest BCUT2D eigenvalue weighted by atomic mass is 35.5. The number of carbonyl (C=O) groups is 2. The van der Waals surface area contributed by atoms with Crippen LogP contribution in [0.1, 0.15) is 61.3 Å². The van der Waals surface area contributed by atoms with Crippen LogP contribution in [0, 0.1) is 13.8 Å². The standard InChI is InChI=1S/C26H32Cl2N2O2/c1-4-24(26(32)29-20-8-5-6-9-20)30(16-21-22(27)10-7-11-23(21)28)25(31)15-19-13-17(2)12-18(3)14-19/h7,10-14,20,24H,4-6,8-9,15-16H2,1-3H3,(H,29,32)/t24-/m1/s1. The van der Waals surface area contributed by atoms with Crippen molar-refractivity contribution >= 4 is 35.0 Å². The van der Waals surface area contributed by atoms with E-state index in [1.807, 2.05) is 32.9 Å². The van der Waals surface area contributed by atoms with Crippen molar-refractivity contribution in [1.82, 2.24) is 10.2 Å². The zero-order valence-electron chi connectivity index (χ0n) is 19.1. The average molecular weight is 475 g/mol. The Morgan fingerprint density at radius 3 is 2.22 bits per heavy atom. The van der Waals surface area contributed by atoms with Crippen LogP contribution in [0.3, 0.4) is 0 Å². The molecule has 0 spiro atoms. The quantitative estimate of drug-likeness (QED) is 0.508. The number of halogens is 2. The summed E-state index contributed by atoms with van der Waals surface area (Å²) in [4.78, 5) is 28.4. The second kappa shape index (κ2) is 11.2. The normalized spacial score (nSPS) is 14.9. The van der Waals surface area contributed by atoms with Gasteiger partial charge in [-0.3, -0.25) is 9.59 Å². The number of amides is 2. The fraction of sp³-hybridized carbons (Fsp3) is 0.462. The van der Waals surface area contributed by atoms with Gasteiger partial charge >= 0.3 is 0 Å². The molecule has 172 valence electrons. The Balaban J connectivity index is 1.89. The van der Waals surface area contributed by atoms with E-state index in [0.717, 1.165) is 42.4 Å². The molecule has 0 aliphatic heterocycles. The van der Waals surface area contributed by atoms with Gasteiger partial charge in [-0.25, -0.2) is 0 Å². The third-order valence-electron chi connectivity index (χ3n) is 6.11. The molecular formula is C26H32Cl2N2O2. The van der Waals surface area contributed by atoms with Gasteiger partial charge in [0.25, 0.3) is 0 Å². The molecule has 1 saturated carbocycles. The molecule has 2 amide bonds. The van der Waals surface area contributed by atoms with Crippen LogP contribution in [0.4, 0.5) is 0 Å². The summed E-state index contributed by atoms with van der Waals surface area (Å²) in [5.41, 5.74) is 3.82. The Hall–Kier alpha value is -2.04. The van der Waals surface area contributed by atoms with Gasteiger partial charge in [0.05, 0.1) is 6.42 Å². The third-order valence-corrected chi connectivity index (χ3v) is 6.82. The maximum atomic E-state index is 13.6. The van der Waals surface area contributed by atoms with Gasteiger partial charge in [0, 0.05) is 28.2 Å². The monoisotopic (exact) mass is 474 g/mol. The summed E-state index contributed by atoms with van der Waals surface area (Å²) >= 11 is 12.8. The second-order valence-electron chi connectivity index (χ2n) is 8.81. The van der Waals surface area contributed by atoms with E-state index in [0.29, 0.717) is 22.0 Å². The minimum atomic E-state index is -0.582. The van der Waals surface area contributed by atoms with E-state index in [2.05, 4.69) is 11.4 Å². The zero-order chi connectivity index (χ0) is 23.3. The summed E-state index contributed by atoms with van der Waals surface area (Å²) in [5.74, 6) is -0.212. The van der Waals surface area contributed by atoms with Crippen molar-refractivity contribution in [2.24, 2.45) is 0 Å². The van der Waals surface area contributed by atoms with Crippen molar-refractivity contribution in [3.63, 3.8) is 0 Å². The summed E-state index contributed by atoms with van der Waals surface area (Å²) in [6, 6.07) is 11.0. The van der Waals surface area contributed by atoms with Crippen LogP contribution in [0.15, 0.2) is 36.4 Å². The molecule has 2 aromatic rings. The Kier molecular flexibility index (Phi) is 8.61. The van der Waals surface area contributed by atoms with Gasteiger partial charge in [0.15, 0.2) is 0 Å². The highest BCUT2D eigenvalue weighted by molar-refractivity contribution is 6.36. The highest BCUT2D eigenvalue weighted by Gasteiger charge is 2.31. The molecule has 3 rings (SSSR count). The molecule has 6 heteroatoms. The number of benzene rings is 2. The topological polar surface area (TPSA) is 49.4 Å². The first-order valence-corrected chi connectivity index (χ1v) is 12.1. The largest absolute Gasteiger partial charge is 0.352 e. The lowest BCUT2D eigenvalue weighted by Crippen LogP contribution is -2.51. The molecule has 1 fully saturated rings. The molecule has 1 aliphatic rings. The van der Waals surface area contributed by atoms with Crippen molar-refractivity contribution < 1.29 is 9.59 Å². The first kappa shape index (κ1) is 24.6. The summed E-state index contributed by atoms with van der Waals surface area (Å²) < 4.78 is 0. The highest BCUT2D eigenvalue weighted by Crippen LogP contribution is 2.28. The smallest absolute Gasteiger partial charge is 0.243 e. The Morgan fingerprint density at radius 2 is 1.66 bits per heavy atom. The average Bonchev–Trinajstić information content (AvgIpc) is 3.22. The number of carbonyl (C=O) groups excluding carboxylic acids is 2. The van der Waals surface area contributed by atoms with Gasteiger partial charge in [-0.15, -0.1) is 0 Å². The predicted molar refractivity (Wildman–Crippen MR) is 131 cm³/mol. The number of hydrogen-bond acceptors (Lipinski definition) is 2. The Bertz CT molecular complexity index is 930. The molecule has 1 atom stereocenters. The van der Waals surface area contributed by atoms with Crippen molar-refractivity contribution in [3.8, 4) is 0 Å². The lowest BCUT2D eigenvalue weighted by atomic mass is 10.0. The lowest BCUT2D eigenvalue weighted by molar-refractivity contribution is -0.141. The fourth-order valence-corrected chi connectivity index (χ4v) is 5.10. The molecule has 0 heterocycles. The molecule has 0 unspecified atom stereocenters. The molecule has 2 aromatic carbocycles. The van der Waals surface area contributed by atoms with Gasteiger partial charge in [-0.2, -0.15) is 0 Å². The first-order valence-electron chi connectivity index (χ1n) is 11.4. The summed E-state index contributed by atoms with van der Waals surface area (Å²) in [6.07, 6.45) is 4.99. The van der Waals surface area contributed by atoms with Crippen LogP contribution >= 0.6 is 23.2 Å². The van der Waals surface area contributed by atoms with E-state index >= 15 is 0 Å². The van der Waals surface area contributed by atoms with Crippen LogP contribution in [0.5, 0.6) is 0 Å². The van der Waals surface area contributed by atoms with Crippen molar-refractivity contribution in [2.45, 2.75) is 77.9 Å². The summed E-state index contributed by atoms with van der Waals surface area (Å²) in [6.45, 7) is 6.17. The summed E-state index contributed by atoms with van der Waals surface area (Å²) in [7, 11) is 0. The van der Waals surface area contributed by atoms with E-state index in [9.17, 15) is 9.59 Å². The van der Waals surface area contributed by atoms with Crippen molar-refractivity contribution in [2.75, 3.05) is 0 Å². The van der Waals surface area contributed by atoms with E-state index < -0.39 is 6.04 Å². The molecule has 32 heavy (non-hydrogen) atoms. The minimum absolute atomic E-state index is 0.101. The molecule has 0 bridgehead atoms. The van der Waals surface area contributed by atoms with Crippen LogP contribution in [0.2, 0.25) is 10.0 Å². The van der Waals surface area contributed by atoms with Crippen LogP contribution < -0.4 is 5.32 Å². The van der Waals surface area contributed by atoms with Gasteiger partial charge in [0.2, 0.25) is 11.8 Å². The Labute approximate surface area is 201 Å². The maximum absolute atomic E-state index is 13.6. The van der Waals surface area contributed by atoms with Gasteiger partial charge in [-0.05, 0) is 50.8 Å². The van der Waals surface area contributed by atoms with E-state index in [4.69, 9.17) is 23.2 Å². The van der Waals surface area contributed by atoms with E-state index in [-0.39, 0.29) is 30.8 Å². The molecule has 1 aliphatic carbocycles.